The maximum atomic E-state index is 11.9. The summed E-state index contributed by atoms with van der Waals surface area (Å²) in [4.78, 5) is 22.2. The number of hydrogen-bond acceptors (Lipinski definition) is 5. The highest BCUT2D eigenvalue weighted by atomic mass is 35.5. The van der Waals surface area contributed by atoms with Gasteiger partial charge in [0, 0.05) is 12.6 Å². The number of carbonyl (C=O) groups is 1. The van der Waals surface area contributed by atoms with E-state index in [9.17, 15) is 14.9 Å². The van der Waals surface area contributed by atoms with Gasteiger partial charge in [-0.1, -0.05) is 0 Å². The van der Waals surface area contributed by atoms with Crippen LogP contribution in [0.15, 0.2) is 18.2 Å². The van der Waals surface area contributed by atoms with Crippen LogP contribution in [0.4, 0.5) is 5.69 Å². The van der Waals surface area contributed by atoms with Crippen molar-refractivity contribution >= 4 is 24.0 Å². The zero-order valence-electron chi connectivity index (χ0n) is 11.1. The van der Waals surface area contributed by atoms with Crippen LogP contribution < -0.4 is 15.8 Å². The van der Waals surface area contributed by atoms with Crippen LogP contribution in [0.3, 0.4) is 0 Å². The van der Waals surface area contributed by atoms with Crippen LogP contribution in [0.25, 0.3) is 0 Å². The van der Waals surface area contributed by atoms with Gasteiger partial charge in [0.25, 0.3) is 11.6 Å². The van der Waals surface area contributed by atoms with E-state index < -0.39 is 10.8 Å². The van der Waals surface area contributed by atoms with Crippen molar-refractivity contribution in [3.05, 3.63) is 33.9 Å². The molecule has 0 spiro atoms. The number of amides is 1. The maximum Gasteiger partial charge on any atom is 0.282 e. The van der Waals surface area contributed by atoms with Crippen molar-refractivity contribution in [2.75, 3.05) is 20.2 Å². The Bertz CT molecular complexity index is 468. The summed E-state index contributed by atoms with van der Waals surface area (Å²) in [6.45, 7) is 0.986. The third-order valence-electron chi connectivity index (χ3n) is 2.56. The Balaban J connectivity index is 0.00000361. The minimum Gasteiger partial charge on any atom is -0.497 e. The molecule has 0 aliphatic carbocycles. The number of nitro benzene ring substituents is 1. The largest absolute Gasteiger partial charge is 0.497 e. The molecule has 20 heavy (non-hydrogen) atoms. The molecule has 0 saturated carbocycles. The fraction of sp³-hybridized carbons (Fsp3) is 0.417. The van der Waals surface area contributed by atoms with Crippen LogP contribution in [0.1, 0.15) is 23.2 Å². The molecule has 112 valence electrons. The van der Waals surface area contributed by atoms with Gasteiger partial charge in [0.1, 0.15) is 11.3 Å². The second-order valence-corrected chi connectivity index (χ2v) is 3.89. The highest BCUT2D eigenvalue weighted by Gasteiger charge is 2.20. The fourth-order valence-corrected chi connectivity index (χ4v) is 1.55. The van der Waals surface area contributed by atoms with E-state index in [1.165, 1.54) is 25.3 Å². The number of hydrogen-bond donors (Lipinski definition) is 2. The van der Waals surface area contributed by atoms with E-state index in [2.05, 4.69) is 5.32 Å². The molecule has 1 rings (SSSR count). The molecule has 0 unspecified atom stereocenters. The van der Waals surface area contributed by atoms with Crippen molar-refractivity contribution in [2.45, 2.75) is 12.8 Å². The summed E-state index contributed by atoms with van der Waals surface area (Å²) in [6, 6.07) is 4.06. The Hall–Kier alpha value is -1.86. The van der Waals surface area contributed by atoms with Gasteiger partial charge in [0.15, 0.2) is 0 Å². The van der Waals surface area contributed by atoms with Crippen LogP contribution in [0.5, 0.6) is 5.75 Å². The van der Waals surface area contributed by atoms with Gasteiger partial charge < -0.3 is 15.8 Å². The van der Waals surface area contributed by atoms with Crippen molar-refractivity contribution in [3.8, 4) is 5.75 Å². The van der Waals surface area contributed by atoms with E-state index in [0.717, 1.165) is 12.8 Å². The van der Waals surface area contributed by atoms with E-state index in [0.29, 0.717) is 18.8 Å². The summed E-state index contributed by atoms with van der Waals surface area (Å²) in [5.74, 6) is -0.0830. The SMILES string of the molecule is COc1ccc([N+](=O)[O-])c(C(=O)NCCCCN)c1.Cl. The van der Waals surface area contributed by atoms with E-state index in [1.54, 1.807) is 0 Å². The van der Waals surface area contributed by atoms with Crippen molar-refractivity contribution in [1.82, 2.24) is 5.32 Å². The maximum absolute atomic E-state index is 11.9. The Kier molecular flexibility index (Phi) is 8.26. The molecule has 0 aliphatic heterocycles. The van der Waals surface area contributed by atoms with Crippen molar-refractivity contribution in [1.29, 1.82) is 0 Å². The number of rotatable bonds is 7. The average molecular weight is 304 g/mol. The highest BCUT2D eigenvalue weighted by molar-refractivity contribution is 5.98. The smallest absolute Gasteiger partial charge is 0.282 e. The Morgan fingerprint density at radius 2 is 2.15 bits per heavy atom. The summed E-state index contributed by atoms with van der Waals surface area (Å²) < 4.78 is 4.96. The number of benzene rings is 1. The number of nitrogens with zero attached hydrogens (tertiary/aromatic N) is 1. The molecule has 1 aromatic rings. The van der Waals surface area contributed by atoms with Crippen molar-refractivity contribution in [2.24, 2.45) is 5.73 Å². The molecule has 0 aromatic heterocycles. The predicted molar refractivity (Wildman–Crippen MR) is 77.5 cm³/mol. The van der Waals surface area contributed by atoms with Gasteiger partial charge in [0.2, 0.25) is 0 Å². The minimum atomic E-state index is -0.589. The topological polar surface area (TPSA) is 107 Å². The number of carbonyl (C=O) groups excluding carboxylic acids is 1. The Labute approximate surface area is 123 Å². The zero-order valence-corrected chi connectivity index (χ0v) is 11.9. The van der Waals surface area contributed by atoms with Gasteiger partial charge >= 0.3 is 0 Å². The van der Waals surface area contributed by atoms with E-state index in [-0.39, 0.29) is 23.7 Å². The Morgan fingerprint density at radius 1 is 1.45 bits per heavy atom. The van der Waals surface area contributed by atoms with Crippen LogP contribution >= 0.6 is 12.4 Å². The average Bonchev–Trinajstić information content (AvgIpc) is 2.42. The first kappa shape index (κ1) is 18.1. The molecule has 0 aliphatic rings. The lowest BCUT2D eigenvalue weighted by molar-refractivity contribution is -0.385. The zero-order chi connectivity index (χ0) is 14.3. The lowest BCUT2D eigenvalue weighted by atomic mass is 10.1. The highest BCUT2D eigenvalue weighted by Crippen LogP contribution is 2.23. The molecule has 0 radical (unpaired) electrons. The summed E-state index contributed by atoms with van der Waals surface area (Å²) >= 11 is 0. The molecule has 0 heterocycles. The van der Waals surface area contributed by atoms with Gasteiger partial charge in [-0.25, -0.2) is 0 Å². The quantitative estimate of drug-likeness (QED) is 0.451. The molecule has 1 amide bonds. The van der Waals surface area contributed by atoms with E-state index >= 15 is 0 Å². The minimum absolute atomic E-state index is 0. The summed E-state index contributed by atoms with van der Waals surface area (Å²) in [6.07, 6.45) is 1.53. The first-order chi connectivity index (χ1) is 9.10. The van der Waals surface area contributed by atoms with E-state index in [4.69, 9.17) is 10.5 Å². The monoisotopic (exact) mass is 303 g/mol. The molecule has 1 aromatic carbocycles. The lowest BCUT2D eigenvalue weighted by Crippen LogP contribution is -2.25. The number of unbranched alkanes of at least 4 members (excludes halogenated alkanes) is 1. The van der Waals surface area contributed by atoms with Gasteiger partial charge in [-0.3, -0.25) is 14.9 Å². The second kappa shape index (κ2) is 9.11. The summed E-state index contributed by atoms with van der Waals surface area (Å²) in [5, 5.41) is 13.5. The van der Waals surface area contributed by atoms with Crippen LogP contribution in [0, 0.1) is 10.1 Å². The predicted octanol–water partition coefficient (Wildman–Crippen LogP) is 1.49. The molecule has 0 fully saturated rings. The summed E-state index contributed by atoms with van der Waals surface area (Å²) in [5.41, 5.74) is 5.10. The third-order valence-corrected chi connectivity index (χ3v) is 2.56. The molecule has 7 nitrogen and oxygen atoms in total. The Morgan fingerprint density at radius 3 is 2.70 bits per heavy atom. The van der Waals surface area contributed by atoms with Gasteiger partial charge in [0.05, 0.1) is 12.0 Å². The molecule has 8 heteroatoms. The number of methoxy groups -OCH3 is 1. The number of nitro groups is 1. The van der Waals surface area contributed by atoms with Crippen molar-refractivity contribution in [3.63, 3.8) is 0 Å². The fourth-order valence-electron chi connectivity index (χ4n) is 1.55. The van der Waals surface area contributed by atoms with Gasteiger partial charge in [-0.05, 0) is 31.5 Å². The standard InChI is InChI=1S/C12H17N3O4.ClH/c1-19-9-4-5-11(15(17)18)10(8-9)12(16)14-7-3-2-6-13;/h4-5,8H,2-3,6-7,13H2,1H3,(H,14,16);1H. The van der Waals surface area contributed by atoms with Crippen LogP contribution in [-0.4, -0.2) is 31.0 Å². The first-order valence-corrected chi connectivity index (χ1v) is 5.91. The number of nitrogens with one attached hydrogen (secondary N) is 1. The second-order valence-electron chi connectivity index (χ2n) is 3.89. The number of halogens is 1. The number of ether oxygens (including phenoxy) is 1. The molecular weight excluding hydrogens is 286 g/mol. The molecule has 0 bridgehead atoms. The molecule has 0 saturated heterocycles. The normalized spacial score (nSPS) is 9.50. The van der Waals surface area contributed by atoms with Crippen molar-refractivity contribution < 1.29 is 14.5 Å². The van der Waals surface area contributed by atoms with Gasteiger partial charge in [-0.2, -0.15) is 0 Å². The lowest BCUT2D eigenvalue weighted by Gasteiger charge is -2.07. The molecular formula is C12H18ClN3O4. The van der Waals surface area contributed by atoms with Crippen LogP contribution in [-0.2, 0) is 0 Å². The first-order valence-electron chi connectivity index (χ1n) is 5.91. The summed E-state index contributed by atoms with van der Waals surface area (Å²) in [7, 11) is 1.43. The van der Waals surface area contributed by atoms with E-state index in [1.807, 2.05) is 0 Å². The number of nitrogens with two attached hydrogens (primary N) is 1. The third kappa shape index (κ3) is 5.02. The van der Waals surface area contributed by atoms with Crippen LogP contribution in [0.2, 0.25) is 0 Å². The molecule has 0 atom stereocenters. The van der Waals surface area contributed by atoms with Gasteiger partial charge in [-0.15, -0.1) is 12.4 Å². The molecule has 3 N–H and O–H groups in total.